The van der Waals surface area contributed by atoms with E-state index in [0.717, 1.165) is 12.8 Å². The van der Waals surface area contributed by atoms with Crippen LogP contribution in [0.15, 0.2) is 16.6 Å². The molecule has 2 heterocycles. The fourth-order valence-electron chi connectivity index (χ4n) is 1.74. The summed E-state index contributed by atoms with van der Waals surface area (Å²) >= 11 is 7.29. The van der Waals surface area contributed by atoms with E-state index in [1.54, 1.807) is 18.6 Å². The number of nitrogens with zero attached hydrogens (tertiary/aromatic N) is 3. The van der Waals surface area contributed by atoms with Gasteiger partial charge in [0.1, 0.15) is 0 Å². The minimum absolute atomic E-state index is 0.0457. The van der Waals surface area contributed by atoms with Crippen molar-refractivity contribution in [3.63, 3.8) is 0 Å². The molecule has 8 heteroatoms. The lowest BCUT2D eigenvalue weighted by Crippen LogP contribution is -2.30. The van der Waals surface area contributed by atoms with Crippen LogP contribution in [0, 0.1) is 0 Å². The molecule has 1 fully saturated rings. The van der Waals surface area contributed by atoms with E-state index in [4.69, 9.17) is 11.6 Å². The van der Waals surface area contributed by atoms with E-state index in [1.807, 2.05) is 0 Å². The van der Waals surface area contributed by atoms with Gasteiger partial charge in [-0.25, -0.2) is 13.4 Å². The van der Waals surface area contributed by atoms with Gasteiger partial charge in [-0.05, 0) is 12.8 Å². The number of thiazole rings is 1. The lowest BCUT2D eigenvalue weighted by Gasteiger charge is -2.15. The molecule has 5 nitrogen and oxygen atoms in total. The zero-order valence-corrected chi connectivity index (χ0v) is 11.4. The van der Waals surface area contributed by atoms with Crippen LogP contribution in [0.2, 0.25) is 5.15 Å². The van der Waals surface area contributed by atoms with Gasteiger partial charge in [0.2, 0.25) is 0 Å². The molecule has 0 bridgehead atoms. The molecule has 2 aromatic heterocycles. The Kier molecular flexibility index (Phi) is 2.48. The maximum atomic E-state index is 12.4. The van der Waals surface area contributed by atoms with Crippen molar-refractivity contribution in [3.05, 3.63) is 16.7 Å². The number of rotatable bonds is 3. The molecule has 92 valence electrons. The number of fused-ring (bicyclic) bond motifs is 1. The summed E-state index contributed by atoms with van der Waals surface area (Å²) in [6, 6.07) is 0.111. The summed E-state index contributed by atoms with van der Waals surface area (Å²) in [7, 11) is -1.96. The number of imidazole rings is 1. The summed E-state index contributed by atoms with van der Waals surface area (Å²) in [5.74, 6) is 0. The number of sulfonamides is 1. The van der Waals surface area contributed by atoms with Gasteiger partial charge in [0.25, 0.3) is 10.0 Å². The van der Waals surface area contributed by atoms with Crippen molar-refractivity contribution in [2.75, 3.05) is 7.05 Å². The lowest BCUT2D eigenvalue weighted by atomic mass is 10.7. The van der Waals surface area contributed by atoms with Crippen LogP contribution in [-0.4, -0.2) is 35.2 Å². The van der Waals surface area contributed by atoms with Gasteiger partial charge < -0.3 is 0 Å². The Balaban J connectivity index is 2.19. The van der Waals surface area contributed by atoms with Crippen LogP contribution in [0.5, 0.6) is 0 Å². The van der Waals surface area contributed by atoms with Crippen LogP contribution >= 0.6 is 22.9 Å². The molecule has 0 spiro atoms. The molecular weight excluding hydrogens is 282 g/mol. The van der Waals surface area contributed by atoms with E-state index in [1.165, 1.54) is 20.0 Å². The zero-order valence-electron chi connectivity index (χ0n) is 9.00. The highest BCUT2D eigenvalue weighted by Crippen LogP contribution is 2.33. The first-order valence-corrected chi connectivity index (χ1v) is 7.80. The molecule has 17 heavy (non-hydrogen) atoms. The minimum atomic E-state index is -3.55. The lowest BCUT2D eigenvalue weighted by molar-refractivity contribution is 0.461. The Morgan fingerprint density at radius 1 is 1.59 bits per heavy atom. The molecule has 1 aliphatic rings. The Labute approximate surface area is 108 Å². The molecular formula is C9H10ClN3O2S2. The van der Waals surface area contributed by atoms with Crippen molar-refractivity contribution >= 4 is 37.9 Å². The molecule has 3 rings (SSSR count). The quantitative estimate of drug-likeness (QED) is 0.867. The largest absolute Gasteiger partial charge is 0.279 e. The van der Waals surface area contributed by atoms with Gasteiger partial charge in [-0.3, -0.25) is 4.40 Å². The predicted molar refractivity (Wildman–Crippen MR) is 66.0 cm³/mol. The van der Waals surface area contributed by atoms with Crippen LogP contribution in [0.3, 0.4) is 0 Å². The zero-order chi connectivity index (χ0) is 12.2. The average Bonchev–Trinajstić information content (AvgIpc) is 2.92. The third-order valence-corrected chi connectivity index (χ3v) is 5.93. The van der Waals surface area contributed by atoms with Gasteiger partial charge in [0.15, 0.2) is 15.1 Å². The molecule has 1 aliphatic carbocycles. The summed E-state index contributed by atoms with van der Waals surface area (Å²) in [4.78, 5) is 4.64. The van der Waals surface area contributed by atoms with Crippen molar-refractivity contribution in [2.45, 2.75) is 23.9 Å². The monoisotopic (exact) mass is 291 g/mol. The molecule has 0 saturated heterocycles. The van der Waals surface area contributed by atoms with Gasteiger partial charge in [0.05, 0.1) is 0 Å². The summed E-state index contributed by atoms with van der Waals surface area (Å²) < 4.78 is 27.7. The maximum absolute atomic E-state index is 12.4. The molecule has 1 saturated carbocycles. The molecule has 0 aliphatic heterocycles. The number of hydrogen-bond donors (Lipinski definition) is 0. The maximum Gasteiger partial charge on any atom is 0.262 e. The number of hydrogen-bond acceptors (Lipinski definition) is 4. The summed E-state index contributed by atoms with van der Waals surface area (Å²) in [6.07, 6.45) is 3.50. The van der Waals surface area contributed by atoms with Crippen molar-refractivity contribution < 1.29 is 8.42 Å². The second kappa shape index (κ2) is 3.68. The molecule has 0 unspecified atom stereocenters. The highest BCUT2D eigenvalue weighted by atomic mass is 35.5. The fourth-order valence-corrected chi connectivity index (χ4v) is 4.56. The SMILES string of the molecule is CN(C1CC1)S(=O)(=O)c1c(Cl)nc2sccn12. The van der Waals surface area contributed by atoms with E-state index >= 15 is 0 Å². The first-order valence-electron chi connectivity index (χ1n) is 5.11. The topological polar surface area (TPSA) is 54.7 Å². The summed E-state index contributed by atoms with van der Waals surface area (Å²) in [6.45, 7) is 0. The van der Waals surface area contributed by atoms with Crippen molar-refractivity contribution in [2.24, 2.45) is 0 Å². The first-order chi connectivity index (χ1) is 8.01. The first kappa shape index (κ1) is 11.5. The third kappa shape index (κ3) is 1.69. The van der Waals surface area contributed by atoms with E-state index < -0.39 is 10.0 Å². The van der Waals surface area contributed by atoms with E-state index in [0.29, 0.717) is 4.96 Å². The Bertz CT molecular complexity index is 672. The van der Waals surface area contributed by atoms with Crippen molar-refractivity contribution in [1.82, 2.24) is 13.7 Å². The molecule has 0 N–H and O–H groups in total. The molecule has 0 amide bonds. The highest BCUT2D eigenvalue weighted by molar-refractivity contribution is 7.89. The second-order valence-corrected chi connectivity index (χ2v) is 7.16. The van der Waals surface area contributed by atoms with Gasteiger partial charge in [-0.1, -0.05) is 11.6 Å². The van der Waals surface area contributed by atoms with Gasteiger partial charge in [-0.15, -0.1) is 11.3 Å². The Morgan fingerprint density at radius 3 is 2.94 bits per heavy atom. The van der Waals surface area contributed by atoms with Crippen LogP contribution in [0.25, 0.3) is 4.96 Å². The Hall–Kier alpha value is -0.630. The molecule has 0 radical (unpaired) electrons. The standard InChI is InChI=1S/C9H10ClN3O2S2/c1-12(6-2-3-6)17(14,15)8-7(10)11-9-13(8)4-5-16-9/h4-6H,2-3H2,1H3. The van der Waals surface area contributed by atoms with Gasteiger partial charge in [-0.2, -0.15) is 4.31 Å². The third-order valence-electron chi connectivity index (χ3n) is 2.86. The molecule has 0 aromatic carbocycles. The van der Waals surface area contributed by atoms with Crippen LogP contribution in [0.4, 0.5) is 0 Å². The van der Waals surface area contributed by atoms with Crippen LogP contribution in [-0.2, 0) is 10.0 Å². The summed E-state index contributed by atoms with van der Waals surface area (Å²) in [5.41, 5.74) is 0. The average molecular weight is 292 g/mol. The van der Waals surface area contributed by atoms with Gasteiger partial charge in [0, 0.05) is 24.7 Å². The van der Waals surface area contributed by atoms with E-state index in [2.05, 4.69) is 4.98 Å². The normalized spacial score (nSPS) is 17.1. The summed E-state index contributed by atoms with van der Waals surface area (Å²) in [5, 5.41) is 1.91. The van der Waals surface area contributed by atoms with Crippen LogP contribution < -0.4 is 0 Å². The van der Waals surface area contributed by atoms with E-state index in [-0.39, 0.29) is 16.2 Å². The van der Waals surface area contributed by atoms with Crippen molar-refractivity contribution in [3.8, 4) is 0 Å². The van der Waals surface area contributed by atoms with Gasteiger partial charge >= 0.3 is 0 Å². The van der Waals surface area contributed by atoms with Crippen molar-refractivity contribution in [1.29, 1.82) is 0 Å². The van der Waals surface area contributed by atoms with Crippen LogP contribution in [0.1, 0.15) is 12.8 Å². The molecule has 0 atom stereocenters. The predicted octanol–water partition coefficient (Wildman–Crippen LogP) is 1.83. The number of aromatic nitrogens is 2. The van der Waals surface area contributed by atoms with E-state index in [9.17, 15) is 8.42 Å². The minimum Gasteiger partial charge on any atom is -0.279 e. The highest BCUT2D eigenvalue weighted by Gasteiger charge is 2.38. The molecule has 2 aromatic rings. The number of halogens is 1. The fraction of sp³-hybridized carbons (Fsp3) is 0.444. The Morgan fingerprint density at radius 2 is 2.29 bits per heavy atom. The smallest absolute Gasteiger partial charge is 0.262 e. The second-order valence-electron chi connectivity index (χ2n) is 4.02.